The summed E-state index contributed by atoms with van der Waals surface area (Å²) in [5, 5.41) is 0. The molecule has 0 radical (unpaired) electrons. The van der Waals surface area contributed by atoms with Gasteiger partial charge in [0.05, 0.1) is 6.42 Å². The molecule has 2 nitrogen and oxygen atoms in total. The monoisotopic (exact) mass is 148 g/mol. The second-order valence-electron chi connectivity index (χ2n) is 2.67. The minimum Gasteiger partial charge on any atom is -0.361 e. The maximum atomic E-state index is 8.49. The first-order chi connectivity index (χ1) is 5.36. The molecule has 0 N–H and O–H groups in total. The Balaban J connectivity index is 2.72. The third-order valence-electron chi connectivity index (χ3n) is 1.68. The minimum absolute atomic E-state index is 0.754. The molecule has 0 unspecified atom stereocenters. The molecular weight excluding hydrogens is 136 g/mol. The average Bonchev–Trinajstić information content (AvgIpc) is 2.06. The summed E-state index contributed by atoms with van der Waals surface area (Å²) in [4.78, 5) is 3.17. The summed E-state index contributed by atoms with van der Waals surface area (Å²) in [6.45, 7) is 2.14. The molecular formula is C9H12N2. The zero-order chi connectivity index (χ0) is 8.10. The van der Waals surface area contributed by atoms with Crippen molar-refractivity contribution < 1.29 is 4.79 Å². The van der Waals surface area contributed by atoms with Crippen LogP contribution in [-0.4, -0.2) is 10.5 Å². The van der Waals surface area contributed by atoms with Gasteiger partial charge < -0.3 is 5.53 Å². The Morgan fingerprint density at radius 1 is 1.64 bits per heavy atom. The van der Waals surface area contributed by atoms with Gasteiger partial charge in [0, 0.05) is 6.08 Å². The highest BCUT2D eigenvalue weighted by Gasteiger charge is 2.07. The molecule has 0 aromatic carbocycles. The Kier molecular flexibility index (Phi) is 2.82. The first kappa shape index (κ1) is 7.96. The molecule has 1 aliphatic rings. The van der Waals surface area contributed by atoms with Crippen molar-refractivity contribution in [3.8, 4) is 0 Å². The molecule has 1 rings (SSSR count). The predicted molar refractivity (Wildman–Crippen MR) is 45.4 cm³/mol. The molecule has 1 aliphatic carbocycles. The molecule has 2 heteroatoms. The fourth-order valence-corrected chi connectivity index (χ4v) is 1.17. The van der Waals surface area contributed by atoms with Crippen LogP contribution in [0.2, 0.25) is 0 Å². The first-order valence-corrected chi connectivity index (χ1v) is 3.95. The topological polar surface area (TPSA) is 36.4 Å². The molecule has 0 saturated heterocycles. The Morgan fingerprint density at radius 2 is 2.45 bits per heavy atom. The van der Waals surface area contributed by atoms with Gasteiger partial charge in [-0.3, -0.25) is 0 Å². The van der Waals surface area contributed by atoms with E-state index in [0.717, 1.165) is 25.0 Å². The van der Waals surface area contributed by atoms with E-state index < -0.39 is 0 Å². The van der Waals surface area contributed by atoms with Crippen LogP contribution in [0, 0.1) is 0 Å². The highest BCUT2D eigenvalue weighted by molar-refractivity contribution is 5.93. The summed E-state index contributed by atoms with van der Waals surface area (Å²) in [6.07, 6.45) is 9.02. The van der Waals surface area contributed by atoms with Crippen LogP contribution >= 0.6 is 0 Å². The molecule has 0 aromatic rings. The molecule has 0 saturated carbocycles. The number of nitrogens with zero attached hydrogens (tertiary/aromatic N) is 2. The molecule has 0 bridgehead atoms. The fourth-order valence-electron chi connectivity index (χ4n) is 1.17. The largest absolute Gasteiger partial charge is 0.361 e. The van der Waals surface area contributed by atoms with Crippen LogP contribution in [-0.2, 0) is 0 Å². The van der Waals surface area contributed by atoms with E-state index in [4.69, 9.17) is 5.53 Å². The van der Waals surface area contributed by atoms with Gasteiger partial charge in [0.15, 0.2) is 0 Å². The Labute approximate surface area is 66.9 Å². The van der Waals surface area contributed by atoms with Gasteiger partial charge in [-0.1, -0.05) is 25.5 Å². The van der Waals surface area contributed by atoms with Crippen LogP contribution in [0.4, 0.5) is 0 Å². The van der Waals surface area contributed by atoms with E-state index in [2.05, 4.69) is 17.8 Å². The third kappa shape index (κ3) is 2.17. The van der Waals surface area contributed by atoms with Crippen molar-refractivity contribution in [3.63, 3.8) is 0 Å². The van der Waals surface area contributed by atoms with Crippen molar-refractivity contribution in [2.75, 3.05) is 0 Å². The lowest BCUT2D eigenvalue weighted by Gasteiger charge is -2.00. The lowest BCUT2D eigenvalue weighted by molar-refractivity contribution is -0.00545. The molecule has 58 valence electrons. The van der Waals surface area contributed by atoms with Crippen molar-refractivity contribution in [3.05, 3.63) is 29.3 Å². The van der Waals surface area contributed by atoms with Gasteiger partial charge in [-0.2, -0.15) is 4.79 Å². The Morgan fingerprint density at radius 3 is 3.09 bits per heavy atom. The third-order valence-corrected chi connectivity index (χ3v) is 1.68. The van der Waals surface area contributed by atoms with E-state index >= 15 is 0 Å². The van der Waals surface area contributed by atoms with Crippen molar-refractivity contribution in [2.45, 2.75) is 26.2 Å². The molecule has 0 aromatic heterocycles. The normalized spacial score (nSPS) is 16.1. The van der Waals surface area contributed by atoms with Crippen molar-refractivity contribution in [1.82, 2.24) is 0 Å². The predicted octanol–water partition coefficient (Wildman–Crippen LogP) is 2.34. The van der Waals surface area contributed by atoms with E-state index in [1.54, 1.807) is 0 Å². The summed E-state index contributed by atoms with van der Waals surface area (Å²) in [7, 11) is 0. The lowest BCUT2D eigenvalue weighted by atomic mass is 10.0. The number of rotatable bonds is 2. The minimum atomic E-state index is 0.754. The number of allylic oxidation sites excluding steroid dienone is 4. The fraction of sp³-hybridized carbons (Fsp3) is 0.444. The first-order valence-electron chi connectivity index (χ1n) is 3.95. The maximum Gasteiger partial charge on any atom is 0.296 e. The van der Waals surface area contributed by atoms with Crippen LogP contribution in [0.1, 0.15) is 26.2 Å². The molecule has 0 amide bonds. The average molecular weight is 148 g/mol. The molecule has 0 atom stereocenters. The van der Waals surface area contributed by atoms with Crippen molar-refractivity contribution >= 4 is 5.71 Å². The smallest absolute Gasteiger partial charge is 0.296 e. The molecule has 0 heterocycles. The Hall–Kier alpha value is -1.14. The zero-order valence-electron chi connectivity index (χ0n) is 6.75. The van der Waals surface area contributed by atoms with Gasteiger partial charge in [0.25, 0.3) is 5.71 Å². The van der Waals surface area contributed by atoms with Crippen LogP contribution in [0.15, 0.2) is 23.8 Å². The second kappa shape index (κ2) is 3.89. The standard InChI is InChI=1S/C9H12N2/c1-2-4-8-5-3-6-9(7-8)11-10/h3,5,7H,2,4,6H2,1H3. The van der Waals surface area contributed by atoms with Crippen molar-refractivity contribution in [2.24, 2.45) is 0 Å². The van der Waals surface area contributed by atoms with Crippen LogP contribution in [0.3, 0.4) is 0 Å². The molecule has 0 aliphatic heterocycles. The second-order valence-corrected chi connectivity index (χ2v) is 2.67. The molecule has 11 heavy (non-hydrogen) atoms. The van der Waals surface area contributed by atoms with Crippen molar-refractivity contribution in [1.29, 1.82) is 0 Å². The van der Waals surface area contributed by atoms with Gasteiger partial charge >= 0.3 is 0 Å². The Bertz CT molecular complexity index is 242. The molecule has 0 fully saturated rings. The maximum absolute atomic E-state index is 8.49. The van der Waals surface area contributed by atoms with Gasteiger partial charge in [-0.25, -0.2) is 0 Å². The summed E-state index contributed by atoms with van der Waals surface area (Å²) < 4.78 is 0. The quantitative estimate of drug-likeness (QED) is 0.425. The van der Waals surface area contributed by atoms with Gasteiger partial charge in [-0.15, -0.1) is 0 Å². The lowest BCUT2D eigenvalue weighted by Crippen LogP contribution is -1.99. The van der Waals surface area contributed by atoms with E-state index in [9.17, 15) is 0 Å². The van der Waals surface area contributed by atoms with E-state index in [0.29, 0.717) is 0 Å². The summed E-state index contributed by atoms with van der Waals surface area (Å²) in [5.41, 5.74) is 10.5. The highest BCUT2D eigenvalue weighted by atomic mass is 14.8. The van der Waals surface area contributed by atoms with Gasteiger partial charge in [0.2, 0.25) is 0 Å². The summed E-state index contributed by atoms with van der Waals surface area (Å²) in [5.74, 6) is 0. The van der Waals surface area contributed by atoms with E-state index in [1.165, 1.54) is 5.57 Å². The zero-order valence-corrected chi connectivity index (χ0v) is 6.75. The number of hydrogen-bond acceptors (Lipinski definition) is 0. The van der Waals surface area contributed by atoms with Crippen LogP contribution in [0.25, 0.3) is 5.53 Å². The van der Waals surface area contributed by atoms with E-state index in [1.807, 2.05) is 12.2 Å². The SMILES string of the molecule is CCCC1=CC(=[N+]=[N-])CC=C1. The summed E-state index contributed by atoms with van der Waals surface area (Å²) in [6, 6.07) is 0. The van der Waals surface area contributed by atoms with Crippen LogP contribution in [0.5, 0.6) is 0 Å². The number of hydrogen-bond donors (Lipinski definition) is 0. The van der Waals surface area contributed by atoms with Gasteiger partial charge in [0.1, 0.15) is 0 Å². The van der Waals surface area contributed by atoms with Gasteiger partial charge in [-0.05, 0) is 12.0 Å². The van der Waals surface area contributed by atoms with E-state index in [-0.39, 0.29) is 0 Å². The highest BCUT2D eigenvalue weighted by Crippen LogP contribution is 2.11. The summed E-state index contributed by atoms with van der Waals surface area (Å²) >= 11 is 0. The molecule has 0 spiro atoms. The van der Waals surface area contributed by atoms with Crippen LogP contribution < -0.4 is 0 Å².